The molecule has 0 aromatic heterocycles. The summed E-state index contributed by atoms with van der Waals surface area (Å²) >= 11 is 0. The predicted molar refractivity (Wildman–Crippen MR) is 71.7 cm³/mol. The number of piperidine rings is 1. The number of aryl methyl sites for hydroxylation is 1. The van der Waals surface area contributed by atoms with E-state index < -0.39 is 0 Å². The fourth-order valence-electron chi connectivity index (χ4n) is 2.22. The van der Waals surface area contributed by atoms with E-state index in [2.05, 4.69) is 10.6 Å². The first kappa shape index (κ1) is 12.9. The molecule has 1 amide bonds. The van der Waals surface area contributed by atoms with Gasteiger partial charge in [-0.1, -0.05) is 6.92 Å². The molecule has 18 heavy (non-hydrogen) atoms. The lowest BCUT2D eigenvalue weighted by molar-refractivity contribution is -0.126. The Balaban J connectivity index is 2.08. The maximum atomic E-state index is 12.3. The van der Waals surface area contributed by atoms with Gasteiger partial charge in [0, 0.05) is 11.1 Å². The number of anilines is 1. The average Bonchev–Trinajstić information content (AvgIpc) is 2.35. The molecule has 0 bridgehead atoms. The molecule has 1 aliphatic rings. The summed E-state index contributed by atoms with van der Waals surface area (Å²) in [4.78, 5) is 12.3. The van der Waals surface area contributed by atoms with E-state index in [-0.39, 0.29) is 17.1 Å². The number of nitrogens with one attached hydrogen (secondary N) is 2. The minimum Gasteiger partial charge on any atom is -0.508 e. The number of aromatic hydroxyl groups is 1. The van der Waals surface area contributed by atoms with Gasteiger partial charge in [0.1, 0.15) is 5.75 Å². The first-order valence-electron chi connectivity index (χ1n) is 6.33. The predicted octanol–water partition coefficient (Wildman–Crippen LogP) is 2.03. The van der Waals surface area contributed by atoms with E-state index in [1.54, 1.807) is 18.2 Å². The number of phenols is 1. The molecule has 1 fully saturated rings. The van der Waals surface area contributed by atoms with E-state index in [1.165, 1.54) is 0 Å². The lowest BCUT2D eigenvalue weighted by Crippen LogP contribution is -2.42. The van der Waals surface area contributed by atoms with Gasteiger partial charge < -0.3 is 15.7 Å². The van der Waals surface area contributed by atoms with Crippen LogP contribution < -0.4 is 10.6 Å². The molecular weight excluding hydrogens is 228 g/mol. The molecule has 0 spiro atoms. The Hall–Kier alpha value is -1.55. The molecule has 3 N–H and O–H groups in total. The lowest BCUT2D eigenvalue weighted by atomic mass is 9.80. The van der Waals surface area contributed by atoms with E-state index in [1.807, 2.05) is 13.8 Å². The number of benzene rings is 1. The Labute approximate surface area is 107 Å². The van der Waals surface area contributed by atoms with Crippen molar-refractivity contribution in [2.75, 3.05) is 18.4 Å². The molecule has 0 radical (unpaired) electrons. The highest BCUT2D eigenvalue weighted by Crippen LogP contribution is 2.30. The van der Waals surface area contributed by atoms with Gasteiger partial charge in [-0.05, 0) is 56.6 Å². The van der Waals surface area contributed by atoms with Gasteiger partial charge in [0.2, 0.25) is 5.91 Å². The summed E-state index contributed by atoms with van der Waals surface area (Å²) in [5, 5.41) is 15.7. The molecule has 4 heteroatoms. The summed E-state index contributed by atoms with van der Waals surface area (Å²) in [6.45, 7) is 5.60. The average molecular weight is 248 g/mol. The van der Waals surface area contributed by atoms with E-state index >= 15 is 0 Å². The van der Waals surface area contributed by atoms with Crippen molar-refractivity contribution in [3.8, 4) is 5.75 Å². The molecule has 1 aliphatic heterocycles. The molecule has 0 atom stereocenters. The van der Waals surface area contributed by atoms with Crippen LogP contribution in [0.2, 0.25) is 0 Å². The van der Waals surface area contributed by atoms with Gasteiger partial charge >= 0.3 is 0 Å². The van der Waals surface area contributed by atoms with E-state index in [4.69, 9.17) is 0 Å². The Morgan fingerprint density at radius 1 is 1.39 bits per heavy atom. The summed E-state index contributed by atoms with van der Waals surface area (Å²) in [6.07, 6.45) is 1.71. The quantitative estimate of drug-likeness (QED) is 0.702. The Bertz CT molecular complexity index is 451. The minimum absolute atomic E-state index is 0.0640. The number of amides is 1. The standard InChI is InChI=1S/C14H20N2O2/c1-10-9-11(3-4-12(10)17)16-13(18)14(2)5-7-15-8-6-14/h3-4,9,15,17H,5-8H2,1-2H3,(H,16,18). The van der Waals surface area contributed by atoms with E-state index in [9.17, 15) is 9.90 Å². The smallest absolute Gasteiger partial charge is 0.230 e. The summed E-state index contributed by atoms with van der Waals surface area (Å²) < 4.78 is 0. The normalized spacial score (nSPS) is 18.3. The molecule has 1 aromatic carbocycles. The van der Waals surface area contributed by atoms with Crippen LogP contribution in [0.4, 0.5) is 5.69 Å². The molecule has 98 valence electrons. The van der Waals surface area contributed by atoms with Gasteiger partial charge in [0.25, 0.3) is 0 Å². The zero-order chi connectivity index (χ0) is 13.2. The third-order valence-electron chi connectivity index (χ3n) is 3.71. The number of carbonyl (C=O) groups excluding carboxylic acids is 1. The van der Waals surface area contributed by atoms with Gasteiger partial charge in [-0.2, -0.15) is 0 Å². The van der Waals surface area contributed by atoms with Gasteiger partial charge in [0.15, 0.2) is 0 Å². The number of hydrogen-bond acceptors (Lipinski definition) is 3. The highest BCUT2D eigenvalue weighted by atomic mass is 16.3. The Morgan fingerprint density at radius 2 is 2.06 bits per heavy atom. The fourth-order valence-corrected chi connectivity index (χ4v) is 2.22. The number of phenolic OH excluding ortho intramolecular Hbond substituents is 1. The van der Waals surface area contributed by atoms with Crippen LogP contribution in [-0.4, -0.2) is 24.1 Å². The lowest BCUT2D eigenvalue weighted by Gasteiger charge is -2.32. The van der Waals surface area contributed by atoms with Crippen molar-refractivity contribution in [1.82, 2.24) is 5.32 Å². The van der Waals surface area contributed by atoms with Crippen LogP contribution in [0.5, 0.6) is 5.75 Å². The zero-order valence-electron chi connectivity index (χ0n) is 10.9. The second kappa shape index (κ2) is 4.98. The third kappa shape index (κ3) is 2.64. The van der Waals surface area contributed by atoms with Crippen LogP contribution in [0.3, 0.4) is 0 Å². The molecule has 1 saturated heterocycles. The van der Waals surface area contributed by atoms with E-state index in [0.717, 1.165) is 37.2 Å². The van der Waals surface area contributed by atoms with Crippen molar-refractivity contribution in [3.05, 3.63) is 23.8 Å². The monoisotopic (exact) mass is 248 g/mol. The van der Waals surface area contributed by atoms with Crippen molar-refractivity contribution in [1.29, 1.82) is 0 Å². The molecule has 1 aromatic rings. The van der Waals surface area contributed by atoms with Crippen LogP contribution in [0, 0.1) is 12.3 Å². The second-order valence-electron chi connectivity index (χ2n) is 5.27. The summed E-state index contributed by atoms with van der Waals surface area (Å²) in [6, 6.07) is 5.12. The highest BCUT2D eigenvalue weighted by molar-refractivity contribution is 5.95. The number of rotatable bonds is 2. The molecule has 0 unspecified atom stereocenters. The summed E-state index contributed by atoms with van der Waals surface area (Å²) in [5.41, 5.74) is 1.22. The molecule has 4 nitrogen and oxygen atoms in total. The minimum atomic E-state index is -0.295. The molecule has 2 rings (SSSR count). The van der Waals surface area contributed by atoms with Crippen LogP contribution >= 0.6 is 0 Å². The molecule has 0 saturated carbocycles. The maximum absolute atomic E-state index is 12.3. The van der Waals surface area contributed by atoms with Crippen LogP contribution in [0.15, 0.2) is 18.2 Å². The first-order chi connectivity index (χ1) is 8.51. The molecule has 1 heterocycles. The second-order valence-corrected chi connectivity index (χ2v) is 5.27. The van der Waals surface area contributed by atoms with Gasteiger partial charge in [-0.3, -0.25) is 4.79 Å². The SMILES string of the molecule is Cc1cc(NC(=O)C2(C)CCNCC2)ccc1O. The van der Waals surface area contributed by atoms with Crippen molar-refractivity contribution in [2.45, 2.75) is 26.7 Å². The van der Waals surface area contributed by atoms with Crippen LogP contribution in [0.1, 0.15) is 25.3 Å². The zero-order valence-corrected chi connectivity index (χ0v) is 10.9. The van der Waals surface area contributed by atoms with Crippen molar-refractivity contribution >= 4 is 11.6 Å². The topological polar surface area (TPSA) is 61.4 Å². The Morgan fingerprint density at radius 3 is 2.67 bits per heavy atom. The van der Waals surface area contributed by atoms with Gasteiger partial charge in [0.05, 0.1) is 0 Å². The molecule has 0 aliphatic carbocycles. The molecular formula is C14H20N2O2. The first-order valence-corrected chi connectivity index (χ1v) is 6.33. The van der Waals surface area contributed by atoms with Crippen molar-refractivity contribution in [3.63, 3.8) is 0 Å². The van der Waals surface area contributed by atoms with Gasteiger partial charge in [-0.15, -0.1) is 0 Å². The largest absolute Gasteiger partial charge is 0.508 e. The maximum Gasteiger partial charge on any atom is 0.230 e. The number of carbonyl (C=O) groups is 1. The van der Waals surface area contributed by atoms with Gasteiger partial charge in [-0.25, -0.2) is 0 Å². The summed E-state index contributed by atoms with van der Waals surface area (Å²) in [5.74, 6) is 0.315. The Kier molecular flexibility index (Phi) is 3.57. The van der Waals surface area contributed by atoms with Crippen molar-refractivity contribution in [2.24, 2.45) is 5.41 Å². The number of hydrogen-bond donors (Lipinski definition) is 3. The van der Waals surface area contributed by atoms with Crippen molar-refractivity contribution < 1.29 is 9.90 Å². The van der Waals surface area contributed by atoms with Crippen LogP contribution in [0.25, 0.3) is 0 Å². The van der Waals surface area contributed by atoms with Crippen LogP contribution in [-0.2, 0) is 4.79 Å². The fraction of sp³-hybridized carbons (Fsp3) is 0.500. The van der Waals surface area contributed by atoms with E-state index in [0.29, 0.717) is 0 Å². The summed E-state index contributed by atoms with van der Waals surface area (Å²) in [7, 11) is 0. The highest BCUT2D eigenvalue weighted by Gasteiger charge is 2.34. The third-order valence-corrected chi connectivity index (χ3v) is 3.71.